The number of aryl methyl sites for hydroxylation is 2. The SMILES string of the molecule is Cc1cc(C)cc(CSC(C)CC(C)(CO)NC(C)C)c1. The Bertz CT molecular complexity index is 427. The van der Waals surface area contributed by atoms with E-state index in [1.807, 2.05) is 11.8 Å². The van der Waals surface area contributed by atoms with Crippen LogP contribution < -0.4 is 5.32 Å². The van der Waals surface area contributed by atoms with E-state index in [1.165, 1.54) is 16.7 Å². The average Bonchev–Trinajstić information content (AvgIpc) is 2.34. The molecule has 0 heterocycles. The normalized spacial score (nSPS) is 16.0. The Labute approximate surface area is 134 Å². The summed E-state index contributed by atoms with van der Waals surface area (Å²) in [5.74, 6) is 1.03. The van der Waals surface area contributed by atoms with Crippen LogP contribution in [0.3, 0.4) is 0 Å². The van der Waals surface area contributed by atoms with Gasteiger partial charge >= 0.3 is 0 Å². The number of hydrogen-bond donors (Lipinski definition) is 2. The molecule has 120 valence electrons. The van der Waals surface area contributed by atoms with Crippen molar-refractivity contribution in [1.82, 2.24) is 5.32 Å². The van der Waals surface area contributed by atoms with Gasteiger partial charge in [0.05, 0.1) is 6.61 Å². The Morgan fingerprint density at radius 2 is 1.71 bits per heavy atom. The Balaban J connectivity index is 2.54. The second-order valence-electron chi connectivity index (χ2n) is 6.84. The molecule has 0 aliphatic rings. The van der Waals surface area contributed by atoms with Gasteiger partial charge in [0.15, 0.2) is 0 Å². The summed E-state index contributed by atoms with van der Waals surface area (Å²) in [7, 11) is 0. The highest BCUT2D eigenvalue weighted by Gasteiger charge is 2.26. The molecule has 2 nitrogen and oxygen atoms in total. The fraction of sp³-hybridized carbons (Fsp3) is 0.667. The fourth-order valence-electron chi connectivity index (χ4n) is 2.95. The molecule has 0 aliphatic carbocycles. The number of hydrogen-bond acceptors (Lipinski definition) is 3. The van der Waals surface area contributed by atoms with Crippen LogP contribution in [0.15, 0.2) is 18.2 Å². The molecule has 0 aliphatic heterocycles. The number of nitrogens with one attached hydrogen (secondary N) is 1. The molecular formula is C18H31NOS. The second-order valence-corrected chi connectivity index (χ2v) is 8.27. The molecule has 2 N–H and O–H groups in total. The summed E-state index contributed by atoms with van der Waals surface area (Å²) in [5, 5.41) is 13.7. The fourth-order valence-corrected chi connectivity index (χ4v) is 4.08. The Morgan fingerprint density at radius 3 is 2.19 bits per heavy atom. The van der Waals surface area contributed by atoms with Crippen molar-refractivity contribution in [3.05, 3.63) is 34.9 Å². The van der Waals surface area contributed by atoms with Gasteiger partial charge in [0.25, 0.3) is 0 Å². The van der Waals surface area contributed by atoms with Crippen LogP contribution in [0.25, 0.3) is 0 Å². The molecule has 1 aromatic rings. The van der Waals surface area contributed by atoms with Gasteiger partial charge in [-0.1, -0.05) is 50.1 Å². The van der Waals surface area contributed by atoms with E-state index >= 15 is 0 Å². The van der Waals surface area contributed by atoms with E-state index in [0.29, 0.717) is 11.3 Å². The van der Waals surface area contributed by atoms with Crippen LogP contribution in [0.2, 0.25) is 0 Å². The largest absolute Gasteiger partial charge is 0.394 e. The molecule has 2 unspecified atom stereocenters. The number of aliphatic hydroxyl groups is 1. The maximum absolute atomic E-state index is 9.67. The Kier molecular flexibility index (Phi) is 7.25. The molecule has 1 aromatic carbocycles. The van der Waals surface area contributed by atoms with Gasteiger partial charge in [-0.15, -0.1) is 0 Å². The van der Waals surface area contributed by atoms with Crippen molar-refractivity contribution in [3.63, 3.8) is 0 Å². The molecule has 0 aromatic heterocycles. The Morgan fingerprint density at radius 1 is 1.14 bits per heavy atom. The van der Waals surface area contributed by atoms with Crippen LogP contribution in [0.4, 0.5) is 0 Å². The molecule has 3 heteroatoms. The summed E-state index contributed by atoms with van der Waals surface area (Å²) >= 11 is 1.97. The van der Waals surface area contributed by atoms with E-state index in [4.69, 9.17) is 0 Å². The van der Waals surface area contributed by atoms with Crippen molar-refractivity contribution >= 4 is 11.8 Å². The highest BCUT2D eigenvalue weighted by Crippen LogP contribution is 2.26. The lowest BCUT2D eigenvalue weighted by atomic mass is 9.96. The zero-order valence-corrected chi connectivity index (χ0v) is 15.2. The third-order valence-electron chi connectivity index (χ3n) is 3.54. The van der Waals surface area contributed by atoms with E-state index in [-0.39, 0.29) is 12.1 Å². The average molecular weight is 310 g/mol. The van der Waals surface area contributed by atoms with Crippen LogP contribution in [0.1, 0.15) is 50.8 Å². The van der Waals surface area contributed by atoms with E-state index in [9.17, 15) is 5.11 Å². The molecule has 2 atom stereocenters. The smallest absolute Gasteiger partial charge is 0.0611 e. The van der Waals surface area contributed by atoms with Crippen molar-refractivity contribution in [1.29, 1.82) is 0 Å². The highest BCUT2D eigenvalue weighted by molar-refractivity contribution is 7.99. The van der Waals surface area contributed by atoms with Crippen molar-refractivity contribution in [2.45, 2.75) is 70.5 Å². The summed E-state index contributed by atoms with van der Waals surface area (Å²) in [6.07, 6.45) is 0.969. The first-order valence-corrected chi connectivity index (χ1v) is 8.86. The summed E-state index contributed by atoms with van der Waals surface area (Å²) in [5.41, 5.74) is 3.87. The van der Waals surface area contributed by atoms with Gasteiger partial charge in [-0.3, -0.25) is 0 Å². The molecule has 0 saturated heterocycles. The van der Waals surface area contributed by atoms with Crippen molar-refractivity contribution in [3.8, 4) is 0 Å². The number of rotatable bonds is 8. The molecular weight excluding hydrogens is 278 g/mol. The maximum Gasteiger partial charge on any atom is 0.0611 e. The summed E-state index contributed by atoms with van der Waals surface area (Å²) in [6.45, 7) is 13.1. The van der Waals surface area contributed by atoms with Gasteiger partial charge in [0, 0.05) is 22.6 Å². The zero-order chi connectivity index (χ0) is 16.0. The molecule has 0 saturated carbocycles. The van der Waals surface area contributed by atoms with Gasteiger partial charge in [-0.05, 0) is 32.8 Å². The molecule has 0 amide bonds. The van der Waals surface area contributed by atoms with Crippen molar-refractivity contribution in [2.75, 3.05) is 6.61 Å². The third-order valence-corrected chi connectivity index (χ3v) is 4.78. The zero-order valence-electron chi connectivity index (χ0n) is 14.4. The highest BCUT2D eigenvalue weighted by atomic mass is 32.2. The van der Waals surface area contributed by atoms with Crippen LogP contribution in [0, 0.1) is 13.8 Å². The lowest BCUT2D eigenvalue weighted by Gasteiger charge is -2.33. The predicted octanol–water partition coefficient (Wildman–Crippen LogP) is 4.06. The molecule has 0 spiro atoms. The number of thioether (sulfide) groups is 1. The lowest BCUT2D eigenvalue weighted by molar-refractivity contribution is 0.157. The quantitative estimate of drug-likeness (QED) is 0.759. The number of aliphatic hydroxyl groups excluding tert-OH is 1. The standard InChI is InChI=1S/C18H31NOS/c1-13(2)19-18(6,12-20)10-16(5)21-11-17-8-14(3)7-15(4)9-17/h7-9,13,16,19-20H,10-12H2,1-6H3. The van der Waals surface area contributed by atoms with Crippen LogP contribution in [-0.2, 0) is 5.75 Å². The second kappa shape index (κ2) is 8.21. The molecule has 0 fully saturated rings. The van der Waals surface area contributed by atoms with E-state index in [2.05, 4.69) is 65.1 Å². The molecule has 0 bridgehead atoms. The van der Waals surface area contributed by atoms with E-state index < -0.39 is 0 Å². The van der Waals surface area contributed by atoms with Crippen LogP contribution in [-0.4, -0.2) is 28.5 Å². The third kappa shape index (κ3) is 6.86. The van der Waals surface area contributed by atoms with Crippen molar-refractivity contribution < 1.29 is 5.11 Å². The number of benzene rings is 1. The van der Waals surface area contributed by atoms with Gasteiger partial charge in [0.1, 0.15) is 0 Å². The van der Waals surface area contributed by atoms with E-state index in [0.717, 1.165) is 12.2 Å². The first-order chi connectivity index (χ1) is 9.74. The van der Waals surface area contributed by atoms with Crippen molar-refractivity contribution in [2.24, 2.45) is 0 Å². The van der Waals surface area contributed by atoms with Gasteiger partial charge in [0.2, 0.25) is 0 Å². The summed E-state index contributed by atoms with van der Waals surface area (Å²) in [6, 6.07) is 7.14. The lowest BCUT2D eigenvalue weighted by Crippen LogP contribution is -2.50. The van der Waals surface area contributed by atoms with Gasteiger partial charge < -0.3 is 10.4 Å². The first-order valence-electron chi connectivity index (χ1n) is 7.81. The topological polar surface area (TPSA) is 32.3 Å². The summed E-state index contributed by atoms with van der Waals surface area (Å²) in [4.78, 5) is 0. The molecule has 1 rings (SSSR count). The first kappa shape index (κ1) is 18.5. The monoisotopic (exact) mass is 309 g/mol. The van der Waals surface area contributed by atoms with Gasteiger partial charge in [-0.25, -0.2) is 0 Å². The van der Waals surface area contributed by atoms with Crippen LogP contribution >= 0.6 is 11.8 Å². The molecule has 0 radical (unpaired) electrons. The van der Waals surface area contributed by atoms with Crippen LogP contribution in [0.5, 0.6) is 0 Å². The minimum atomic E-state index is -0.191. The van der Waals surface area contributed by atoms with E-state index in [1.54, 1.807) is 0 Å². The summed E-state index contributed by atoms with van der Waals surface area (Å²) < 4.78 is 0. The minimum Gasteiger partial charge on any atom is -0.394 e. The van der Waals surface area contributed by atoms with Gasteiger partial charge in [-0.2, -0.15) is 11.8 Å². The molecule has 21 heavy (non-hydrogen) atoms. The predicted molar refractivity (Wildman–Crippen MR) is 95.1 cm³/mol. The maximum atomic E-state index is 9.67. The Hall–Kier alpha value is -0.510. The minimum absolute atomic E-state index is 0.180.